The second-order valence-electron chi connectivity index (χ2n) is 6.15. The maximum Gasteiger partial charge on any atom is 0.241 e. The van der Waals surface area contributed by atoms with Crippen LogP contribution in [0.1, 0.15) is 13.3 Å². The van der Waals surface area contributed by atoms with Crippen LogP contribution in [-0.2, 0) is 9.59 Å². The maximum absolute atomic E-state index is 12.8. The predicted molar refractivity (Wildman–Crippen MR) is 72.9 cm³/mol. The first kappa shape index (κ1) is 11.7. The van der Waals surface area contributed by atoms with Gasteiger partial charge in [-0.15, -0.1) is 0 Å². The second-order valence-corrected chi connectivity index (χ2v) is 6.15. The Morgan fingerprint density at radius 2 is 1.90 bits per heavy atom. The number of rotatable bonds is 1. The number of allylic oxidation sites excluding steroid dienone is 2. The molecule has 1 aromatic rings. The molecule has 0 radical (unpaired) electrons. The fourth-order valence-electron chi connectivity index (χ4n) is 4.15. The lowest BCUT2D eigenvalue weighted by Crippen LogP contribution is -2.37. The first-order chi connectivity index (χ1) is 9.53. The summed E-state index contributed by atoms with van der Waals surface area (Å²) in [6, 6.07) is 6.23. The van der Waals surface area contributed by atoms with Gasteiger partial charge >= 0.3 is 0 Å². The highest BCUT2D eigenvalue weighted by Crippen LogP contribution is 2.60. The van der Waals surface area contributed by atoms with Crippen LogP contribution in [0.3, 0.4) is 0 Å². The zero-order valence-electron chi connectivity index (χ0n) is 11.1. The number of phenolic OH excluding ortho intramolecular Hbond substituents is 1. The molecule has 4 rings (SSSR count). The Morgan fingerprint density at radius 1 is 1.20 bits per heavy atom. The first-order valence-electron chi connectivity index (χ1n) is 6.89. The smallest absolute Gasteiger partial charge is 0.241 e. The molecule has 1 heterocycles. The van der Waals surface area contributed by atoms with E-state index in [1.54, 1.807) is 12.1 Å². The van der Waals surface area contributed by atoms with Crippen LogP contribution in [0.5, 0.6) is 5.75 Å². The lowest BCUT2D eigenvalue weighted by atomic mass is 9.71. The molecule has 2 bridgehead atoms. The fourth-order valence-corrected chi connectivity index (χ4v) is 4.15. The molecule has 3 aliphatic rings. The maximum atomic E-state index is 12.8. The molecule has 0 spiro atoms. The average molecular weight is 269 g/mol. The van der Waals surface area contributed by atoms with Crippen LogP contribution in [0.2, 0.25) is 0 Å². The van der Waals surface area contributed by atoms with E-state index in [4.69, 9.17) is 0 Å². The molecule has 4 atom stereocenters. The molecule has 0 unspecified atom stereocenters. The Balaban J connectivity index is 1.80. The van der Waals surface area contributed by atoms with Gasteiger partial charge in [-0.3, -0.25) is 9.59 Å². The molecule has 2 fully saturated rings. The van der Waals surface area contributed by atoms with Crippen molar-refractivity contribution in [1.29, 1.82) is 0 Å². The Bertz CT molecular complexity index is 648. The van der Waals surface area contributed by atoms with Crippen LogP contribution in [0.4, 0.5) is 5.69 Å². The second kappa shape index (κ2) is 3.51. The number of aromatic hydroxyl groups is 1. The van der Waals surface area contributed by atoms with Gasteiger partial charge in [0.15, 0.2) is 0 Å². The largest absolute Gasteiger partial charge is 0.508 e. The van der Waals surface area contributed by atoms with Crippen molar-refractivity contribution in [3.8, 4) is 5.75 Å². The molecule has 1 N–H and O–H groups in total. The third kappa shape index (κ3) is 1.17. The number of carbonyl (C=O) groups excluding carboxylic acids is 2. The number of fused-ring (bicyclic) bond motifs is 5. The summed E-state index contributed by atoms with van der Waals surface area (Å²) >= 11 is 0. The van der Waals surface area contributed by atoms with E-state index in [-0.39, 0.29) is 35.3 Å². The molecule has 1 aliphatic heterocycles. The summed E-state index contributed by atoms with van der Waals surface area (Å²) in [5.74, 6) is 0.0782. The van der Waals surface area contributed by atoms with Crippen molar-refractivity contribution in [3.63, 3.8) is 0 Å². The van der Waals surface area contributed by atoms with Crippen molar-refractivity contribution in [2.75, 3.05) is 4.90 Å². The quantitative estimate of drug-likeness (QED) is 0.627. The molecule has 4 nitrogen and oxygen atoms in total. The van der Waals surface area contributed by atoms with Crippen molar-refractivity contribution in [1.82, 2.24) is 0 Å². The lowest BCUT2D eigenvalue weighted by molar-refractivity contribution is -0.127. The molecular formula is C16H15NO3. The summed E-state index contributed by atoms with van der Waals surface area (Å²) in [7, 11) is 0. The van der Waals surface area contributed by atoms with Gasteiger partial charge < -0.3 is 5.11 Å². The number of benzene rings is 1. The monoisotopic (exact) mass is 269 g/mol. The van der Waals surface area contributed by atoms with Crippen LogP contribution in [0.15, 0.2) is 36.4 Å². The minimum atomic E-state index is -0.589. The lowest BCUT2D eigenvalue weighted by Gasteiger charge is -2.28. The van der Waals surface area contributed by atoms with Crippen LogP contribution < -0.4 is 4.90 Å². The molecule has 1 saturated heterocycles. The highest BCUT2D eigenvalue weighted by atomic mass is 16.3. The summed E-state index contributed by atoms with van der Waals surface area (Å²) in [6.45, 7) is 1.92. The molecule has 0 aromatic heterocycles. The van der Waals surface area contributed by atoms with Crippen molar-refractivity contribution >= 4 is 17.5 Å². The number of anilines is 1. The van der Waals surface area contributed by atoms with Crippen molar-refractivity contribution in [2.45, 2.75) is 13.3 Å². The van der Waals surface area contributed by atoms with Crippen LogP contribution >= 0.6 is 0 Å². The zero-order chi connectivity index (χ0) is 14.1. The SMILES string of the molecule is C[C@]12C(=O)N(c3ccc(O)cc3)C(=O)[C@@H]1[C@H]1C=C[C@@H]2C1. The first-order valence-corrected chi connectivity index (χ1v) is 6.89. The predicted octanol–water partition coefficient (Wildman–Crippen LogP) is 2.09. The third-order valence-corrected chi connectivity index (χ3v) is 5.22. The van der Waals surface area contributed by atoms with Crippen LogP contribution in [-0.4, -0.2) is 16.9 Å². The summed E-state index contributed by atoms with van der Waals surface area (Å²) in [5.41, 5.74) is -0.0400. The minimum Gasteiger partial charge on any atom is -0.508 e. The zero-order valence-corrected chi connectivity index (χ0v) is 11.1. The van der Waals surface area contributed by atoms with Gasteiger partial charge in [0.2, 0.25) is 11.8 Å². The number of imide groups is 1. The van der Waals surface area contributed by atoms with Gasteiger partial charge in [-0.2, -0.15) is 0 Å². The molecule has 102 valence electrons. The van der Waals surface area contributed by atoms with Crippen LogP contribution in [0.25, 0.3) is 0 Å². The fraction of sp³-hybridized carbons (Fsp3) is 0.375. The van der Waals surface area contributed by atoms with E-state index in [0.29, 0.717) is 5.69 Å². The third-order valence-electron chi connectivity index (χ3n) is 5.22. The Morgan fingerprint density at radius 3 is 2.55 bits per heavy atom. The highest BCUT2D eigenvalue weighted by Gasteiger charge is 2.67. The molecular weight excluding hydrogens is 254 g/mol. The van der Waals surface area contributed by atoms with E-state index >= 15 is 0 Å². The summed E-state index contributed by atoms with van der Waals surface area (Å²) in [6.07, 6.45) is 5.09. The Hall–Kier alpha value is -2.10. The molecule has 4 heteroatoms. The number of nitrogens with zero attached hydrogens (tertiary/aromatic N) is 1. The molecule has 2 amide bonds. The summed E-state index contributed by atoms with van der Waals surface area (Å²) < 4.78 is 0. The Labute approximate surface area is 116 Å². The minimum absolute atomic E-state index is 0.0972. The van der Waals surface area contributed by atoms with Gasteiger partial charge in [0, 0.05) is 0 Å². The van der Waals surface area contributed by atoms with E-state index in [9.17, 15) is 14.7 Å². The van der Waals surface area contributed by atoms with E-state index in [2.05, 4.69) is 12.2 Å². The van der Waals surface area contributed by atoms with E-state index < -0.39 is 5.41 Å². The topological polar surface area (TPSA) is 57.6 Å². The standard InChI is InChI=1S/C16H15NO3/c1-16-10-3-2-9(8-10)13(16)14(19)17(15(16)20)11-4-6-12(18)7-5-11/h2-7,9-10,13,18H,8H2,1H3/t9-,10+,13-,16+/m0/s1. The molecule has 2 aliphatic carbocycles. The molecule has 1 aromatic carbocycles. The van der Waals surface area contributed by atoms with E-state index in [1.165, 1.54) is 17.0 Å². The van der Waals surface area contributed by atoms with Crippen LogP contribution in [0, 0.1) is 23.2 Å². The highest BCUT2D eigenvalue weighted by molar-refractivity contribution is 6.24. The van der Waals surface area contributed by atoms with Crippen molar-refractivity contribution < 1.29 is 14.7 Å². The summed E-state index contributed by atoms with van der Waals surface area (Å²) in [5, 5.41) is 9.34. The van der Waals surface area contributed by atoms with Crippen molar-refractivity contribution in [2.24, 2.45) is 23.2 Å². The van der Waals surface area contributed by atoms with Crippen molar-refractivity contribution in [3.05, 3.63) is 36.4 Å². The van der Waals surface area contributed by atoms with Gasteiger partial charge in [-0.1, -0.05) is 12.2 Å². The number of carbonyl (C=O) groups is 2. The van der Waals surface area contributed by atoms with Gasteiger partial charge in [0.25, 0.3) is 0 Å². The average Bonchev–Trinajstić information content (AvgIpc) is 3.05. The molecule has 20 heavy (non-hydrogen) atoms. The number of hydrogen-bond acceptors (Lipinski definition) is 3. The molecule has 1 saturated carbocycles. The van der Waals surface area contributed by atoms with E-state index in [1.807, 2.05) is 6.92 Å². The van der Waals surface area contributed by atoms with Gasteiger partial charge in [-0.25, -0.2) is 4.90 Å². The van der Waals surface area contributed by atoms with Gasteiger partial charge in [0.05, 0.1) is 17.0 Å². The van der Waals surface area contributed by atoms with E-state index in [0.717, 1.165) is 6.42 Å². The summed E-state index contributed by atoms with van der Waals surface area (Å²) in [4.78, 5) is 26.8. The number of amides is 2. The van der Waals surface area contributed by atoms with Gasteiger partial charge in [-0.05, 0) is 49.4 Å². The Kier molecular flexibility index (Phi) is 2.05. The van der Waals surface area contributed by atoms with Gasteiger partial charge in [0.1, 0.15) is 5.75 Å². The number of hydrogen-bond donors (Lipinski definition) is 1. The normalized spacial score (nSPS) is 37.9. The number of phenols is 1.